The standard InChI is InChI=1S/C33H43FN8O3/c1-38-31(44)29(19-22-8-11-23-5-2-3-6-24(23)17-22)42-16-14-26(41-28(32(42)45)7-4-15-39-33(36)37)20-40-30(43)27(35)18-21-9-12-25(34)13-10-21/h2-3,5-6,8-13,17,26-29,41H,4,7,14-16,18-20,35H2,1H3,(H,38,44)(H,40,43)(H4,36,37,39)/t26-,27-,28+,29+/m1/s1. The highest BCUT2D eigenvalue weighted by Crippen LogP contribution is 2.21. The number of hydrogen-bond donors (Lipinski definition) is 7. The molecular formula is C33H43FN8O3. The van der Waals surface area contributed by atoms with Crippen LogP contribution in [-0.2, 0) is 27.2 Å². The van der Waals surface area contributed by atoms with E-state index in [4.69, 9.17) is 16.9 Å². The first-order valence-corrected chi connectivity index (χ1v) is 15.3. The van der Waals surface area contributed by atoms with Crippen LogP contribution in [-0.4, -0.2) is 79.4 Å². The van der Waals surface area contributed by atoms with Crippen LogP contribution in [0.25, 0.3) is 10.8 Å². The monoisotopic (exact) mass is 618 g/mol. The Bertz CT molecular complexity index is 1480. The number of benzene rings is 3. The second-order valence-corrected chi connectivity index (χ2v) is 11.4. The third kappa shape index (κ3) is 9.47. The van der Waals surface area contributed by atoms with E-state index in [1.54, 1.807) is 24.1 Å². The van der Waals surface area contributed by atoms with Crippen LogP contribution in [0.1, 0.15) is 30.4 Å². The summed E-state index contributed by atoms with van der Waals surface area (Å²) in [4.78, 5) is 41.8. The third-order valence-corrected chi connectivity index (χ3v) is 8.12. The van der Waals surface area contributed by atoms with Crippen LogP contribution in [0, 0.1) is 11.2 Å². The second kappa shape index (κ2) is 16.0. The highest BCUT2D eigenvalue weighted by Gasteiger charge is 2.37. The molecule has 3 aromatic carbocycles. The van der Waals surface area contributed by atoms with Crippen LogP contribution in [0.4, 0.5) is 4.39 Å². The van der Waals surface area contributed by atoms with Crippen LogP contribution in [0.5, 0.6) is 0 Å². The number of rotatable bonds is 13. The summed E-state index contributed by atoms with van der Waals surface area (Å²) in [5.41, 5.74) is 13.2. The number of carbonyl (C=O) groups is 3. The van der Waals surface area contributed by atoms with Gasteiger partial charge in [-0.25, -0.2) is 4.39 Å². The van der Waals surface area contributed by atoms with Gasteiger partial charge in [0.05, 0.1) is 12.1 Å². The topological polar surface area (TPSA) is 178 Å². The number of nitrogens with zero attached hydrogens (tertiary/aromatic N) is 1. The molecule has 9 N–H and O–H groups in total. The van der Waals surface area contributed by atoms with E-state index in [-0.39, 0.29) is 48.5 Å². The molecule has 4 atom stereocenters. The van der Waals surface area contributed by atoms with Crippen LogP contribution in [0.15, 0.2) is 66.7 Å². The number of guanidine groups is 1. The molecule has 0 spiro atoms. The first kappa shape index (κ1) is 33.3. The van der Waals surface area contributed by atoms with E-state index in [0.717, 1.165) is 21.9 Å². The minimum Gasteiger partial charge on any atom is -0.370 e. The van der Waals surface area contributed by atoms with Crippen molar-refractivity contribution in [2.24, 2.45) is 11.5 Å². The molecule has 0 saturated carbocycles. The predicted molar refractivity (Wildman–Crippen MR) is 173 cm³/mol. The summed E-state index contributed by atoms with van der Waals surface area (Å²) in [6.45, 7) is 0.951. The highest BCUT2D eigenvalue weighted by molar-refractivity contribution is 5.90. The molecule has 0 aromatic heterocycles. The lowest BCUT2D eigenvalue weighted by Crippen LogP contribution is -2.54. The summed E-state index contributed by atoms with van der Waals surface area (Å²) >= 11 is 0. The number of amides is 3. The Balaban J connectivity index is 1.48. The number of hydrogen-bond acceptors (Lipinski definition) is 6. The van der Waals surface area contributed by atoms with Gasteiger partial charge in [0.15, 0.2) is 5.96 Å². The second-order valence-electron chi connectivity index (χ2n) is 11.4. The molecule has 0 radical (unpaired) electrons. The Morgan fingerprint density at radius 1 is 1.02 bits per heavy atom. The lowest BCUT2D eigenvalue weighted by molar-refractivity contribution is -0.141. The van der Waals surface area contributed by atoms with Gasteiger partial charge in [-0.2, -0.15) is 0 Å². The van der Waals surface area contributed by atoms with Gasteiger partial charge in [0.1, 0.15) is 11.9 Å². The molecule has 0 unspecified atom stereocenters. The lowest BCUT2D eigenvalue weighted by Gasteiger charge is -2.31. The summed E-state index contributed by atoms with van der Waals surface area (Å²) in [7, 11) is 1.56. The largest absolute Gasteiger partial charge is 0.370 e. The zero-order chi connectivity index (χ0) is 32.3. The van der Waals surface area contributed by atoms with Gasteiger partial charge in [-0.15, -0.1) is 0 Å². The summed E-state index contributed by atoms with van der Waals surface area (Å²) in [6, 6.07) is 17.4. The molecule has 240 valence electrons. The first-order valence-electron chi connectivity index (χ1n) is 15.3. The number of nitrogens with two attached hydrogens (primary N) is 2. The Labute approximate surface area is 262 Å². The molecule has 12 heteroatoms. The fraction of sp³-hybridized carbons (Fsp3) is 0.394. The number of halogens is 1. The van der Waals surface area contributed by atoms with Crippen molar-refractivity contribution in [3.63, 3.8) is 0 Å². The van der Waals surface area contributed by atoms with E-state index in [9.17, 15) is 18.8 Å². The summed E-state index contributed by atoms with van der Waals surface area (Å²) < 4.78 is 13.3. The molecule has 3 aromatic rings. The minimum atomic E-state index is -0.826. The van der Waals surface area contributed by atoms with Gasteiger partial charge in [-0.3, -0.25) is 19.8 Å². The zero-order valence-corrected chi connectivity index (χ0v) is 25.5. The fourth-order valence-corrected chi connectivity index (χ4v) is 5.67. The average Bonchev–Trinajstić information content (AvgIpc) is 3.19. The molecule has 1 heterocycles. The van der Waals surface area contributed by atoms with Crippen LogP contribution in [0.3, 0.4) is 0 Å². The minimum absolute atomic E-state index is 0.149. The van der Waals surface area contributed by atoms with Crippen molar-refractivity contribution < 1.29 is 18.8 Å². The van der Waals surface area contributed by atoms with Crippen LogP contribution >= 0.6 is 0 Å². The van der Waals surface area contributed by atoms with Gasteiger partial charge in [-0.1, -0.05) is 54.6 Å². The molecular weight excluding hydrogens is 575 g/mol. The number of nitrogens with one attached hydrogen (secondary N) is 5. The normalized spacial score (nSPS) is 18.1. The van der Waals surface area contributed by atoms with E-state index in [2.05, 4.69) is 21.3 Å². The molecule has 1 aliphatic heterocycles. The predicted octanol–water partition coefficient (Wildman–Crippen LogP) is 1.14. The Morgan fingerprint density at radius 3 is 2.44 bits per heavy atom. The van der Waals surface area contributed by atoms with Crippen molar-refractivity contribution in [3.8, 4) is 0 Å². The van der Waals surface area contributed by atoms with Gasteiger partial charge in [0, 0.05) is 39.1 Å². The molecule has 3 amide bonds. The molecule has 0 aliphatic carbocycles. The first-order chi connectivity index (χ1) is 21.6. The van der Waals surface area contributed by atoms with Gasteiger partial charge in [0.25, 0.3) is 0 Å². The Kier molecular flexibility index (Phi) is 11.8. The van der Waals surface area contributed by atoms with E-state index >= 15 is 0 Å². The Hall–Kier alpha value is -4.55. The van der Waals surface area contributed by atoms with Crippen molar-refractivity contribution in [3.05, 3.63) is 83.7 Å². The van der Waals surface area contributed by atoms with Crippen molar-refractivity contribution in [1.82, 2.24) is 26.2 Å². The smallest absolute Gasteiger partial charge is 0.242 e. The highest BCUT2D eigenvalue weighted by atomic mass is 19.1. The number of likely N-dealkylation sites (N-methyl/N-ethyl adjacent to an activating group) is 1. The van der Waals surface area contributed by atoms with Gasteiger partial charge >= 0.3 is 0 Å². The fourth-order valence-electron chi connectivity index (χ4n) is 5.67. The number of fused-ring (bicyclic) bond motifs is 1. The van der Waals surface area contributed by atoms with Crippen molar-refractivity contribution >= 4 is 34.5 Å². The maximum absolute atomic E-state index is 14.0. The molecule has 11 nitrogen and oxygen atoms in total. The summed E-state index contributed by atoms with van der Waals surface area (Å²) in [5.74, 6) is -1.32. The zero-order valence-electron chi connectivity index (χ0n) is 25.5. The van der Waals surface area contributed by atoms with Crippen LogP contribution in [0.2, 0.25) is 0 Å². The molecule has 1 saturated heterocycles. The molecule has 0 bridgehead atoms. The molecule has 45 heavy (non-hydrogen) atoms. The lowest BCUT2D eigenvalue weighted by atomic mass is 9.99. The maximum Gasteiger partial charge on any atom is 0.242 e. The van der Waals surface area contributed by atoms with Gasteiger partial charge in [0.2, 0.25) is 17.7 Å². The average molecular weight is 619 g/mol. The van der Waals surface area contributed by atoms with E-state index in [1.807, 2.05) is 42.5 Å². The molecule has 1 aliphatic rings. The Morgan fingerprint density at radius 2 is 1.73 bits per heavy atom. The van der Waals surface area contributed by atoms with Crippen molar-refractivity contribution in [2.75, 3.05) is 26.7 Å². The number of carbonyl (C=O) groups excluding carboxylic acids is 3. The van der Waals surface area contributed by atoms with E-state index < -0.39 is 18.1 Å². The van der Waals surface area contributed by atoms with Crippen LogP contribution < -0.4 is 32.7 Å². The maximum atomic E-state index is 14.0. The quantitative estimate of drug-likeness (QED) is 0.0853. The summed E-state index contributed by atoms with van der Waals surface area (Å²) in [6.07, 6.45) is 2.07. The van der Waals surface area contributed by atoms with Gasteiger partial charge < -0.3 is 37.6 Å². The van der Waals surface area contributed by atoms with Gasteiger partial charge in [-0.05, 0) is 59.7 Å². The molecule has 1 fully saturated rings. The summed E-state index contributed by atoms with van der Waals surface area (Å²) in [5, 5.41) is 21.4. The van der Waals surface area contributed by atoms with Crippen molar-refractivity contribution in [1.29, 1.82) is 5.41 Å². The van der Waals surface area contributed by atoms with E-state index in [1.165, 1.54) is 12.1 Å². The molecule has 4 rings (SSSR count). The third-order valence-electron chi connectivity index (χ3n) is 8.12. The van der Waals surface area contributed by atoms with Crippen molar-refractivity contribution in [2.45, 2.75) is 56.3 Å². The SMILES string of the molecule is CNC(=O)[C@H](Cc1ccc2ccccc2c1)N1CC[C@H](CNC(=O)[C@H](N)Cc2ccc(F)cc2)N[C@@H](CCCNC(=N)N)C1=O. The van der Waals surface area contributed by atoms with E-state index in [0.29, 0.717) is 38.8 Å².